The minimum atomic E-state index is -1.14. The molecule has 0 spiro atoms. The summed E-state index contributed by atoms with van der Waals surface area (Å²) >= 11 is 5.40. The molecule has 12 heavy (non-hydrogen) atoms. The van der Waals surface area contributed by atoms with E-state index >= 15 is 0 Å². The second-order valence-corrected chi connectivity index (χ2v) is 2.59. The zero-order valence-electron chi connectivity index (χ0n) is 5.89. The maximum Gasteiger partial charge on any atom is 0.148 e. The molecule has 1 rings (SSSR count). The van der Waals surface area contributed by atoms with Gasteiger partial charge in [0, 0.05) is 5.56 Å². The highest BCUT2D eigenvalue weighted by atomic mass is 35.5. The normalized spacial score (nSPS) is 12.2. The minimum Gasteiger partial charge on any atom is -0.207 e. The van der Waals surface area contributed by atoms with Crippen molar-refractivity contribution in [3.8, 4) is 6.07 Å². The molecule has 0 heterocycles. The van der Waals surface area contributed by atoms with Gasteiger partial charge >= 0.3 is 0 Å². The van der Waals surface area contributed by atoms with Crippen molar-refractivity contribution in [1.29, 1.82) is 5.26 Å². The molecule has 0 aliphatic carbocycles. The quantitative estimate of drug-likeness (QED) is 0.621. The highest BCUT2D eigenvalue weighted by Crippen LogP contribution is 2.22. The number of hydrogen-bond donors (Lipinski definition) is 0. The van der Waals surface area contributed by atoms with Crippen LogP contribution in [0.5, 0.6) is 0 Å². The number of alkyl halides is 1. The van der Waals surface area contributed by atoms with Crippen LogP contribution in [-0.2, 0) is 0 Å². The van der Waals surface area contributed by atoms with Crippen molar-refractivity contribution >= 4 is 11.6 Å². The van der Waals surface area contributed by atoms with Gasteiger partial charge in [-0.2, -0.15) is 5.26 Å². The number of nitrogens with zero attached hydrogens (tertiary/aromatic N) is 1. The van der Waals surface area contributed by atoms with Crippen molar-refractivity contribution < 1.29 is 8.78 Å². The molecule has 1 aromatic carbocycles. The van der Waals surface area contributed by atoms with Gasteiger partial charge in [-0.25, -0.2) is 8.78 Å². The molecule has 0 radical (unpaired) electrons. The van der Waals surface area contributed by atoms with Crippen molar-refractivity contribution in [2.75, 3.05) is 0 Å². The molecule has 0 unspecified atom stereocenters. The van der Waals surface area contributed by atoms with Crippen molar-refractivity contribution in [2.24, 2.45) is 0 Å². The molecule has 0 amide bonds. The maximum atomic E-state index is 12.8. The zero-order valence-corrected chi connectivity index (χ0v) is 6.65. The molecule has 0 bridgehead atoms. The number of rotatable bonds is 1. The number of nitriles is 1. The molecule has 1 aromatic rings. The number of benzene rings is 1. The Balaban J connectivity index is 3.15. The second-order valence-electron chi connectivity index (χ2n) is 2.16. The SMILES string of the molecule is N#C[C@H](Cl)c1cc(F)ccc1F. The van der Waals surface area contributed by atoms with Gasteiger partial charge in [-0.05, 0) is 18.2 Å². The third-order valence-electron chi connectivity index (χ3n) is 1.34. The van der Waals surface area contributed by atoms with E-state index in [4.69, 9.17) is 16.9 Å². The van der Waals surface area contributed by atoms with Gasteiger partial charge in [0.2, 0.25) is 0 Å². The highest BCUT2D eigenvalue weighted by molar-refractivity contribution is 6.22. The lowest BCUT2D eigenvalue weighted by Crippen LogP contribution is -1.92. The van der Waals surface area contributed by atoms with Crippen molar-refractivity contribution in [2.45, 2.75) is 5.38 Å². The smallest absolute Gasteiger partial charge is 0.148 e. The first-order valence-corrected chi connectivity index (χ1v) is 3.57. The van der Waals surface area contributed by atoms with Crippen LogP contribution >= 0.6 is 11.6 Å². The first-order chi connectivity index (χ1) is 5.65. The van der Waals surface area contributed by atoms with E-state index in [9.17, 15) is 8.78 Å². The Morgan fingerprint density at radius 1 is 1.42 bits per heavy atom. The third-order valence-corrected chi connectivity index (χ3v) is 1.68. The fourth-order valence-corrected chi connectivity index (χ4v) is 0.946. The van der Waals surface area contributed by atoms with E-state index in [0.29, 0.717) is 0 Å². The standard InChI is InChI=1S/C8H4ClF2N/c9-7(4-12)6-3-5(10)1-2-8(6)11/h1-3,7H/t7-/m0/s1. The predicted molar refractivity (Wildman–Crippen MR) is 40.6 cm³/mol. The van der Waals surface area contributed by atoms with Crippen molar-refractivity contribution in [1.82, 2.24) is 0 Å². The van der Waals surface area contributed by atoms with Crippen LogP contribution in [0.1, 0.15) is 10.9 Å². The van der Waals surface area contributed by atoms with Crippen LogP contribution in [0.3, 0.4) is 0 Å². The molecule has 0 fully saturated rings. The Kier molecular flexibility index (Phi) is 2.61. The van der Waals surface area contributed by atoms with Gasteiger partial charge in [-0.1, -0.05) is 0 Å². The molecule has 0 aliphatic rings. The van der Waals surface area contributed by atoms with Crippen LogP contribution in [-0.4, -0.2) is 0 Å². The fraction of sp³-hybridized carbons (Fsp3) is 0.125. The summed E-state index contributed by atoms with van der Waals surface area (Å²) in [4.78, 5) is 0. The van der Waals surface area contributed by atoms with E-state index in [2.05, 4.69) is 0 Å². The maximum absolute atomic E-state index is 12.8. The Bertz CT molecular complexity index is 332. The van der Waals surface area contributed by atoms with Crippen LogP contribution in [0.2, 0.25) is 0 Å². The molecule has 1 atom stereocenters. The summed E-state index contributed by atoms with van der Waals surface area (Å²) in [6, 6.07) is 4.43. The largest absolute Gasteiger partial charge is 0.207 e. The predicted octanol–water partition coefficient (Wildman–Crippen LogP) is 2.77. The highest BCUT2D eigenvalue weighted by Gasteiger charge is 2.12. The van der Waals surface area contributed by atoms with Gasteiger partial charge in [-0.3, -0.25) is 0 Å². The third kappa shape index (κ3) is 1.72. The monoisotopic (exact) mass is 187 g/mol. The Morgan fingerprint density at radius 2 is 2.08 bits per heavy atom. The Morgan fingerprint density at radius 3 is 2.67 bits per heavy atom. The first-order valence-electron chi connectivity index (χ1n) is 3.14. The Labute approximate surface area is 73.2 Å². The van der Waals surface area contributed by atoms with Gasteiger partial charge in [0.25, 0.3) is 0 Å². The Hall–Kier alpha value is -1.14. The molecule has 0 saturated heterocycles. The summed E-state index contributed by atoms with van der Waals surface area (Å²) in [5.74, 6) is -1.27. The molecule has 0 saturated carbocycles. The molecule has 0 aromatic heterocycles. The molecule has 1 nitrogen and oxygen atoms in total. The van der Waals surface area contributed by atoms with Crippen LogP contribution < -0.4 is 0 Å². The van der Waals surface area contributed by atoms with Crippen LogP contribution in [0.25, 0.3) is 0 Å². The summed E-state index contributed by atoms with van der Waals surface area (Å²) in [5.41, 5.74) is -0.126. The topological polar surface area (TPSA) is 23.8 Å². The number of halogens is 3. The van der Waals surface area contributed by atoms with Crippen molar-refractivity contribution in [3.05, 3.63) is 35.4 Å². The van der Waals surface area contributed by atoms with Gasteiger partial charge < -0.3 is 0 Å². The lowest BCUT2D eigenvalue weighted by atomic mass is 10.1. The van der Waals surface area contributed by atoms with Crippen LogP contribution in [0.4, 0.5) is 8.78 Å². The molecular formula is C8H4ClF2N. The molecule has 62 valence electrons. The molecular weight excluding hydrogens is 184 g/mol. The second kappa shape index (κ2) is 3.51. The van der Waals surface area contributed by atoms with Crippen LogP contribution in [0.15, 0.2) is 18.2 Å². The van der Waals surface area contributed by atoms with Crippen molar-refractivity contribution in [3.63, 3.8) is 0 Å². The molecule has 0 aliphatic heterocycles. The van der Waals surface area contributed by atoms with Gasteiger partial charge in [-0.15, -0.1) is 11.6 Å². The summed E-state index contributed by atoms with van der Waals surface area (Å²) in [6.45, 7) is 0. The van der Waals surface area contributed by atoms with E-state index < -0.39 is 17.0 Å². The lowest BCUT2D eigenvalue weighted by Gasteiger charge is -2.01. The van der Waals surface area contributed by atoms with E-state index in [0.717, 1.165) is 18.2 Å². The molecule has 4 heteroatoms. The summed E-state index contributed by atoms with van der Waals surface area (Å²) in [6.07, 6.45) is 0. The van der Waals surface area contributed by atoms with E-state index in [1.807, 2.05) is 0 Å². The van der Waals surface area contributed by atoms with Crippen LogP contribution in [0, 0.1) is 23.0 Å². The molecule has 0 N–H and O–H groups in total. The van der Waals surface area contributed by atoms with E-state index in [1.165, 1.54) is 0 Å². The lowest BCUT2D eigenvalue weighted by molar-refractivity contribution is 0.588. The zero-order chi connectivity index (χ0) is 9.14. The summed E-state index contributed by atoms with van der Waals surface area (Å²) in [7, 11) is 0. The average molecular weight is 188 g/mol. The van der Waals surface area contributed by atoms with Gasteiger partial charge in [0.15, 0.2) is 0 Å². The average Bonchev–Trinajstić information content (AvgIpc) is 2.08. The first kappa shape index (κ1) is 8.95. The minimum absolute atomic E-state index is 0.126. The van der Waals surface area contributed by atoms with E-state index in [-0.39, 0.29) is 5.56 Å². The van der Waals surface area contributed by atoms with Gasteiger partial charge in [0.1, 0.15) is 17.0 Å². The summed E-state index contributed by atoms with van der Waals surface area (Å²) < 4.78 is 25.3. The fourth-order valence-electron chi connectivity index (χ4n) is 0.778. The van der Waals surface area contributed by atoms with Gasteiger partial charge in [0.05, 0.1) is 6.07 Å². The van der Waals surface area contributed by atoms with E-state index in [1.54, 1.807) is 6.07 Å². The number of hydrogen-bond acceptors (Lipinski definition) is 1. The summed E-state index contributed by atoms with van der Waals surface area (Å²) in [5, 5.41) is 7.19.